The lowest BCUT2D eigenvalue weighted by Crippen LogP contribution is -2.51. The SMILES string of the molecule is CC(C)(C)CC(NC(=O)c1cc2cccc(F)c2[nH]1)C(=O)NC(C#N)C[C@@H]1CCCNC1=O. The Kier molecular flexibility index (Phi) is 7.36. The normalized spacial score (nSPS) is 18.2. The number of fused-ring (bicyclic) bond motifs is 1. The Balaban J connectivity index is 1.72. The van der Waals surface area contributed by atoms with Crippen LogP contribution in [0, 0.1) is 28.5 Å². The van der Waals surface area contributed by atoms with Crippen molar-refractivity contribution in [2.75, 3.05) is 6.54 Å². The standard InChI is InChI=1S/C24H30FN5O3/c1-24(2,3)12-19(23(33)28-16(13-26)10-15-7-5-9-27-21(15)31)30-22(32)18-11-14-6-4-8-17(25)20(14)29-18/h4,6,8,11,15-16,19,29H,5,7,9-10,12H2,1-3H3,(H,27,31)(H,28,33)(H,30,32)/t15-,16?,19?/m0/s1. The van der Waals surface area contributed by atoms with Crippen LogP contribution in [0.3, 0.4) is 0 Å². The van der Waals surface area contributed by atoms with E-state index in [1.165, 1.54) is 12.1 Å². The van der Waals surface area contributed by atoms with E-state index in [1.807, 2.05) is 20.8 Å². The minimum atomic E-state index is -0.912. The number of H-pyrrole nitrogens is 1. The van der Waals surface area contributed by atoms with Gasteiger partial charge in [0, 0.05) is 17.8 Å². The van der Waals surface area contributed by atoms with Crippen LogP contribution in [0.15, 0.2) is 24.3 Å². The van der Waals surface area contributed by atoms with Crippen LogP contribution in [-0.4, -0.2) is 41.3 Å². The van der Waals surface area contributed by atoms with Crippen molar-refractivity contribution < 1.29 is 18.8 Å². The summed E-state index contributed by atoms with van der Waals surface area (Å²) in [5, 5.41) is 18.3. The zero-order chi connectivity index (χ0) is 24.2. The van der Waals surface area contributed by atoms with Gasteiger partial charge in [-0.05, 0) is 43.2 Å². The zero-order valence-corrected chi connectivity index (χ0v) is 19.1. The molecule has 176 valence electrons. The molecule has 2 aromatic rings. The molecule has 1 aromatic carbocycles. The van der Waals surface area contributed by atoms with Gasteiger partial charge in [0.2, 0.25) is 11.8 Å². The largest absolute Gasteiger partial charge is 0.356 e. The molecule has 9 heteroatoms. The predicted octanol–water partition coefficient (Wildman–Crippen LogP) is 2.77. The Morgan fingerprint density at radius 2 is 2.06 bits per heavy atom. The Labute approximate surface area is 192 Å². The second-order valence-corrected chi connectivity index (χ2v) is 9.73. The predicted molar refractivity (Wildman–Crippen MR) is 121 cm³/mol. The molecule has 0 bridgehead atoms. The molecule has 8 nitrogen and oxygen atoms in total. The zero-order valence-electron chi connectivity index (χ0n) is 19.1. The Bertz CT molecular complexity index is 1080. The maximum Gasteiger partial charge on any atom is 0.268 e. The molecular formula is C24H30FN5O3. The molecule has 1 saturated heterocycles. The highest BCUT2D eigenvalue weighted by molar-refractivity contribution is 6.00. The fourth-order valence-electron chi connectivity index (χ4n) is 4.06. The molecule has 1 fully saturated rings. The summed E-state index contributed by atoms with van der Waals surface area (Å²) in [4.78, 5) is 40.7. The van der Waals surface area contributed by atoms with Gasteiger partial charge in [0.25, 0.3) is 5.91 Å². The van der Waals surface area contributed by atoms with Crippen LogP contribution in [0.2, 0.25) is 0 Å². The number of carbonyl (C=O) groups is 3. The van der Waals surface area contributed by atoms with Gasteiger partial charge in [0.05, 0.1) is 11.6 Å². The van der Waals surface area contributed by atoms with Gasteiger partial charge >= 0.3 is 0 Å². The van der Waals surface area contributed by atoms with E-state index in [1.54, 1.807) is 12.1 Å². The van der Waals surface area contributed by atoms with Crippen molar-refractivity contribution in [2.24, 2.45) is 11.3 Å². The van der Waals surface area contributed by atoms with Crippen LogP contribution >= 0.6 is 0 Å². The van der Waals surface area contributed by atoms with Crippen molar-refractivity contribution in [1.82, 2.24) is 20.9 Å². The molecule has 2 unspecified atom stereocenters. The van der Waals surface area contributed by atoms with Crippen LogP contribution in [0.4, 0.5) is 4.39 Å². The third-order valence-corrected chi connectivity index (χ3v) is 5.68. The number of benzene rings is 1. The summed E-state index contributed by atoms with van der Waals surface area (Å²) in [5.74, 6) is -1.96. The number of aromatic amines is 1. The molecule has 0 radical (unpaired) electrons. The van der Waals surface area contributed by atoms with Gasteiger partial charge in [-0.1, -0.05) is 32.9 Å². The van der Waals surface area contributed by atoms with Crippen LogP contribution in [0.25, 0.3) is 10.9 Å². The van der Waals surface area contributed by atoms with Crippen LogP contribution < -0.4 is 16.0 Å². The first kappa shape index (κ1) is 24.2. The van der Waals surface area contributed by atoms with E-state index in [-0.39, 0.29) is 34.9 Å². The molecule has 0 aliphatic carbocycles. The van der Waals surface area contributed by atoms with Crippen molar-refractivity contribution >= 4 is 28.6 Å². The maximum absolute atomic E-state index is 14.0. The number of rotatable bonds is 7. The first-order valence-electron chi connectivity index (χ1n) is 11.1. The first-order valence-corrected chi connectivity index (χ1v) is 11.1. The highest BCUT2D eigenvalue weighted by atomic mass is 19.1. The lowest BCUT2D eigenvalue weighted by molar-refractivity contribution is -0.128. The van der Waals surface area contributed by atoms with E-state index in [9.17, 15) is 24.0 Å². The Hall–Kier alpha value is -3.41. The maximum atomic E-state index is 14.0. The van der Waals surface area contributed by atoms with Crippen LogP contribution in [0.1, 0.15) is 56.9 Å². The smallest absolute Gasteiger partial charge is 0.268 e. The number of halogens is 1. The lowest BCUT2D eigenvalue weighted by atomic mass is 9.87. The summed E-state index contributed by atoms with van der Waals surface area (Å²) in [7, 11) is 0. The number of piperidine rings is 1. The summed E-state index contributed by atoms with van der Waals surface area (Å²) >= 11 is 0. The third kappa shape index (κ3) is 6.31. The number of nitriles is 1. The number of nitrogens with zero attached hydrogens (tertiary/aromatic N) is 1. The van der Waals surface area contributed by atoms with E-state index >= 15 is 0 Å². The Morgan fingerprint density at radius 1 is 1.30 bits per heavy atom. The van der Waals surface area contributed by atoms with Crippen molar-refractivity contribution in [1.29, 1.82) is 5.26 Å². The molecule has 0 spiro atoms. The minimum absolute atomic E-state index is 0.110. The van der Waals surface area contributed by atoms with Crippen LogP contribution in [-0.2, 0) is 9.59 Å². The van der Waals surface area contributed by atoms with E-state index in [2.05, 4.69) is 27.0 Å². The number of para-hydroxylation sites is 1. The minimum Gasteiger partial charge on any atom is -0.356 e. The van der Waals surface area contributed by atoms with E-state index in [0.29, 0.717) is 24.8 Å². The highest BCUT2D eigenvalue weighted by Crippen LogP contribution is 2.23. The van der Waals surface area contributed by atoms with Gasteiger partial charge in [-0.15, -0.1) is 0 Å². The van der Waals surface area contributed by atoms with Crippen molar-refractivity contribution in [3.63, 3.8) is 0 Å². The molecule has 3 amide bonds. The Morgan fingerprint density at radius 3 is 2.70 bits per heavy atom. The van der Waals surface area contributed by atoms with Crippen LogP contribution in [0.5, 0.6) is 0 Å². The third-order valence-electron chi connectivity index (χ3n) is 5.68. The van der Waals surface area contributed by atoms with Gasteiger partial charge in [-0.25, -0.2) is 4.39 Å². The monoisotopic (exact) mass is 455 g/mol. The molecular weight excluding hydrogens is 425 g/mol. The van der Waals surface area contributed by atoms with Gasteiger partial charge in [0.1, 0.15) is 23.6 Å². The number of aromatic nitrogens is 1. The highest BCUT2D eigenvalue weighted by Gasteiger charge is 2.31. The number of carbonyl (C=O) groups excluding carboxylic acids is 3. The fourth-order valence-corrected chi connectivity index (χ4v) is 4.06. The van der Waals surface area contributed by atoms with E-state index in [0.717, 1.165) is 6.42 Å². The number of amides is 3. The number of hydrogen-bond donors (Lipinski definition) is 4. The molecule has 1 aliphatic heterocycles. The summed E-state index contributed by atoms with van der Waals surface area (Å²) in [6.07, 6.45) is 2.03. The molecule has 0 saturated carbocycles. The van der Waals surface area contributed by atoms with Gasteiger partial charge in [-0.2, -0.15) is 5.26 Å². The average molecular weight is 456 g/mol. The molecule has 4 N–H and O–H groups in total. The lowest BCUT2D eigenvalue weighted by Gasteiger charge is -2.28. The van der Waals surface area contributed by atoms with Gasteiger partial charge < -0.3 is 20.9 Å². The van der Waals surface area contributed by atoms with Crippen molar-refractivity contribution in [3.8, 4) is 6.07 Å². The topological polar surface area (TPSA) is 127 Å². The van der Waals surface area contributed by atoms with Crippen molar-refractivity contribution in [2.45, 2.75) is 58.5 Å². The van der Waals surface area contributed by atoms with E-state index in [4.69, 9.17) is 0 Å². The molecule has 1 aliphatic rings. The van der Waals surface area contributed by atoms with Gasteiger partial charge in [-0.3, -0.25) is 14.4 Å². The number of nitrogens with one attached hydrogen (secondary N) is 4. The van der Waals surface area contributed by atoms with Crippen molar-refractivity contribution in [3.05, 3.63) is 35.8 Å². The fraction of sp³-hybridized carbons (Fsp3) is 0.500. The second-order valence-electron chi connectivity index (χ2n) is 9.73. The summed E-state index contributed by atoms with van der Waals surface area (Å²) < 4.78 is 14.0. The summed E-state index contributed by atoms with van der Waals surface area (Å²) in [5.41, 5.74) is 0.0556. The number of hydrogen-bond acceptors (Lipinski definition) is 4. The molecule has 33 heavy (non-hydrogen) atoms. The summed E-state index contributed by atoms with van der Waals surface area (Å²) in [6.45, 7) is 6.43. The average Bonchev–Trinajstić information content (AvgIpc) is 3.19. The quantitative estimate of drug-likeness (QED) is 0.512. The molecule has 1 aromatic heterocycles. The second kappa shape index (κ2) is 10.0. The molecule has 3 rings (SSSR count). The first-order chi connectivity index (χ1) is 15.6. The van der Waals surface area contributed by atoms with E-state index < -0.39 is 29.7 Å². The molecule has 3 atom stereocenters. The van der Waals surface area contributed by atoms with Gasteiger partial charge in [0.15, 0.2) is 0 Å². The summed E-state index contributed by atoms with van der Waals surface area (Å²) in [6, 6.07) is 6.35. The molecule has 2 heterocycles.